The van der Waals surface area contributed by atoms with E-state index in [9.17, 15) is 8.42 Å². The maximum Gasteiger partial charge on any atom is 0.299 e. The Bertz CT molecular complexity index is 458. The van der Waals surface area contributed by atoms with Gasteiger partial charge in [-0.2, -0.15) is 13.1 Å². The minimum atomic E-state index is -3.50. The van der Waals surface area contributed by atoms with E-state index in [1.165, 1.54) is 0 Å². The minimum Gasteiger partial charge on any atom is -0.316 e. The van der Waals surface area contributed by atoms with Crippen LogP contribution >= 0.6 is 0 Å². The van der Waals surface area contributed by atoms with Gasteiger partial charge in [0.15, 0.2) is 0 Å². The summed E-state index contributed by atoms with van der Waals surface area (Å²) in [5.41, 5.74) is 1.50. The van der Waals surface area contributed by atoms with Crippen molar-refractivity contribution < 1.29 is 8.42 Å². The molecule has 1 aromatic rings. The van der Waals surface area contributed by atoms with Crippen LogP contribution in [-0.4, -0.2) is 21.5 Å². The zero-order chi connectivity index (χ0) is 12.9. The summed E-state index contributed by atoms with van der Waals surface area (Å²) in [6.45, 7) is 4.16. The molecule has 0 saturated carbocycles. The van der Waals surface area contributed by atoms with E-state index in [0.29, 0.717) is 12.2 Å². The third-order valence-electron chi connectivity index (χ3n) is 2.02. The summed E-state index contributed by atoms with van der Waals surface area (Å²) in [5, 5.41) is 3.00. The van der Waals surface area contributed by atoms with Crippen molar-refractivity contribution in [1.82, 2.24) is 10.0 Å². The van der Waals surface area contributed by atoms with Gasteiger partial charge < -0.3 is 5.32 Å². The normalized spacial score (nSPS) is 11.8. The van der Waals surface area contributed by atoms with Crippen LogP contribution in [0.5, 0.6) is 0 Å². The van der Waals surface area contributed by atoms with Crippen LogP contribution in [-0.2, 0) is 16.8 Å². The molecule has 0 unspecified atom stereocenters. The standard InChI is InChI=1S/C11H19N3O2S/c1-9(2)13-17(15,16)14-11-7-5-4-6-10(11)8-12-3/h4-7,9,12-14H,8H2,1-3H3. The summed E-state index contributed by atoms with van der Waals surface area (Å²) >= 11 is 0. The first-order chi connectivity index (χ1) is 7.94. The molecule has 3 N–H and O–H groups in total. The Morgan fingerprint density at radius 1 is 1.24 bits per heavy atom. The highest BCUT2D eigenvalue weighted by atomic mass is 32.2. The first-order valence-electron chi connectivity index (χ1n) is 5.47. The van der Waals surface area contributed by atoms with Gasteiger partial charge in [-0.3, -0.25) is 4.72 Å². The van der Waals surface area contributed by atoms with Crippen molar-refractivity contribution in [2.45, 2.75) is 26.4 Å². The summed E-state index contributed by atoms with van der Waals surface area (Å²) in [6, 6.07) is 7.16. The van der Waals surface area contributed by atoms with Crippen LogP contribution in [0.2, 0.25) is 0 Å². The molecule has 0 saturated heterocycles. The van der Waals surface area contributed by atoms with E-state index in [4.69, 9.17) is 0 Å². The molecule has 6 heteroatoms. The fourth-order valence-corrected chi connectivity index (χ4v) is 2.62. The van der Waals surface area contributed by atoms with Crippen LogP contribution in [0.3, 0.4) is 0 Å². The molecule has 0 heterocycles. The van der Waals surface area contributed by atoms with Gasteiger partial charge in [0.05, 0.1) is 5.69 Å². The molecule has 0 radical (unpaired) electrons. The lowest BCUT2D eigenvalue weighted by Crippen LogP contribution is -2.35. The molecule has 0 atom stereocenters. The average molecular weight is 257 g/mol. The Hall–Kier alpha value is -1.11. The van der Waals surface area contributed by atoms with Gasteiger partial charge in [0, 0.05) is 12.6 Å². The molecule has 0 aliphatic rings. The van der Waals surface area contributed by atoms with E-state index in [2.05, 4.69) is 14.8 Å². The van der Waals surface area contributed by atoms with E-state index >= 15 is 0 Å². The summed E-state index contributed by atoms with van der Waals surface area (Å²) in [5.74, 6) is 0. The monoisotopic (exact) mass is 257 g/mol. The van der Waals surface area contributed by atoms with Gasteiger partial charge in [-0.25, -0.2) is 0 Å². The molecule has 1 aromatic carbocycles. The molecule has 0 amide bonds. The summed E-state index contributed by atoms with van der Waals surface area (Å²) in [6.07, 6.45) is 0. The topological polar surface area (TPSA) is 70.2 Å². The van der Waals surface area contributed by atoms with Crippen molar-refractivity contribution in [3.05, 3.63) is 29.8 Å². The lowest BCUT2D eigenvalue weighted by Gasteiger charge is -2.14. The third-order valence-corrected chi connectivity index (χ3v) is 3.29. The molecular weight excluding hydrogens is 238 g/mol. The first-order valence-corrected chi connectivity index (χ1v) is 6.95. The molecule has 0 bridgehead atoms. The van der Waals surface area contributed by atoms with Crippen LogP contribution in [0.1, 0.15) is 19.4 Å². The predicted molar refractivity (Wildman–Crippen MR) is 70.0 cm³/mol. The number of benzene rings is 1. The first kappa shape index (κ1) is 14.0. The van der Waals surface area contributed by atoms with Gasteiger partial charge in [-0.15, -0.1) is 0 Å². The van der Waals surface area contributed by atoms with Crippen LogP contribution in [0, 0.1) is 0 Å². The summed E-state index contributed by atoms with van der Waals surface area (Å²) in [7, 11) is -1.69. The molecule has 5 nitrogen and oxygen atoms in total. The molecule has 0 aliphatic carbocycles. The average Bonchev–Trinajstić information content (AvgIpc) is 2.18. The van der Waals surface area contributed by atoms with E-state index < -0.39 is 10.2 Å². The molecule has 0 spiro atoms. The summed E-state index contributed by atoms with van der Waals surface area (Å²) < 4.78 is 28.5. The zero-order valence-corrected chi connectivity index (χ0v) is 11.1. The van der Waals surface area contributed by atoms with Crippen LogP contribution in [0.25, 0.3) is 0 Å². The Labute approximate surface area is 103 Å². The van der Waals surface area contributed by atoms with Crippen molar-refractivity contribution >= 4 is 15.9 Å². The van der Waals surface area contributed by atoms with Gasteiger partial charge in [-0.05, 0) is 32.5 Å². The van der Waals surface area contributed by atoms with Gasteiger partial charge >= 0.3 is 0 Å². The van der Waals surface area contributed by atoms with Crippen molar-refractivity contribution in [2.75, 3.05) is 11.8 Å². The maximum absolute atomic E-state index is 11.7. The lowest BCUT2D eigenvalue weighted by atomic mass is 10.2. The fourth-order valence-electron chi connectivity index (χ4n) is 1.45. The zero-order valence-electron chi connectivity index (χ0n) is 10.3. The second-order valence-corrected chi connectivity index (χ2v) is 5.51. The molecule has 0 fully saturated rings. The smallest absolute Gasteiger partial charge is 0.299 e. The van der Waals surface area contributed by atoms with Crippen molar-refractivity contribution in [1.29, 1.82) is 0 Å². The SMILES string of the molecule is CNCc1ccccc1NS(=O)(=O)NC(C)C. The lowest BCUT2D eigenvalue weighted by molar-refractivity contribution is 0.575. The van der Waals surface area contributed by atoms with Gasteiger partial charge in [0.2, 0.25) is 0 Å². The van der Waals surface area contributed by atoms with Gasteiger partial charge in [-0.1, -0.05) is 18.2 Å². The van der Waals surface area contributed by atoms with Crippen LogP contribution in [0.4, 0.5) is 5.69 Å². The second-order valence-electron chi connectivity index (χ2n) is 4.07. The fraction of sp³-hybridized carbons (Fsp3) is 0.455. The Morgan fingerprint density at radius 3 is 2.47 bits per heavy atom. The second kappa shape index (κ2) is 6.00. The number of hydrogen-bond acceptors (Lipinski definition) is 3. The number of rotatable bonds is 6. The van der Waals surface area contributed by atoms with Gasteiger partial charge in [0.25, 0.3) is 10.2 Å². The van der Waals surface area contributed by atoms with E-state index in [0.717, 1.165) is 5.56 Å². The highest BCUT2D eigenvalue weighted by molar-refractivity contribution is 7.90. The van der Waals surface area contributed by atoms with Crippen molar-refractivity contribution in [3.8, 4) is 0 Å². The Morgan fingerprint density at radius 2 is 1.88 bits per heavy atom. The van der Waals surface area contributed by atoms with Crippen LogP contribution < -0.4 is 14.8 Å². The summed E-state index contributed by atoms with van der Waals surface area (Å²) in [4.78, 5) is 0. The molecule has 96 valence electrons. The van der Waals surface area contributed by atoms with E-state index in [-0.39, 0.29) is 6.04 Å². The number of para-hydroxylation sites is 1. The van der Waals surface area contributed by atoms with E-state index in [1.807, 2.05) is 19.2 Å². The molecule has 0 aliphatic heterocycles. The van der Waals surface area contributed by atoms with E-state index in [1.54, 1.807) is 26.0 Å². The van der Waals surface area contributed by atoms with Gasteiger partial charge in [0.1, 0.15) is 0 Å². The Kier molecular flexibility index (Phi) is 4.92. The molecular formula is C11H19N3O2S. The van der Waals surface area contributed by atoms with Crippen molar-refractivity contribution in [3.63, 3.8) is 0 Å². The predicted octanol–water partition coefficient (Wildman–Crippen LogP) is 1.06. The number of hydrogen-bond donors (Lipinski definition) is 3. The maximum atomic E-state index is 11.7. The molecule has 17 heavy (non-hydrogen) atoms. The minimum absolute atomic E-state index is 0.135. The highest BCUT2D eigenvalue weighted by Crippen LogP contribution is 2.15. The Balaban J connectivity index is 2.87. The third kappa shape index (κ3) is 4.72. The number of nitrogens with one attached hydrogen (secondary N) is 3. The van der Waals surface area contributed by atoms with Crippen LogP contribution in [0.15, 0.2) is 24.3 Å². The quantitative estimate of drug-likeness (QED) is 0.713. The number of anilines is 1. The van der Waals surface area contributed by atoms with Crippen molar-refractivity contribution in [2.24, 2.45) is 0 Å². The highest BCUT2D eigenvalue weighted by Gasteiger charge is 2.12. The molecule has 0 aromatic heterocycles. The largest absolute Gasteiger partial charge is 0.316 e. The molecule has 1 rings (SSSR count).